The Bertz CT molecular complexity index is 672. The molecule has 0 aliphatic rings. The van der Waals surface area contributed by atoms with E-state index < -0.39 is 66.9 Å². The van der Waals surface area contributed by atoms with Crippen LogP contribution in [0.1, 0.15) is 91.5 Å². The van der Waals surface area contributed by atoms with Crippen molar-refractivity contribution in [2.45, 2.75) is 128 Å². The summed E-state index contributed by atoms with van der Waals surface area (Å²) in [6, 6.07) is 0. The fourth-order valence-electron chi connectivity index (χ4n) is 1.69. The van der Waals surface area contributed by atoms with E-state index >= 15 is 0 Å². The summed E-state index contributed by atoms with van der Waals surface area (Å²) >= 11 is 0. The van der Waals surface area contributed by atoms with Crippen LogP contribution >= 0.6 is 0 Å². The van der Waals surface area contributed by atoms with Crippen molar-refractivity contribution in [2.75, 3.05) is 6.61 Å². The number of halogens is 12. The first-order valence-corrected chi connectivity index (χ1v) is 9.56. The van der Waals surface area contributed by atoms with E-state index in [2.05, 4.69) is 4.74 Å². The molecule has 252 valence electrons. The molecule has 0 radical (unpaired) electrons. The lowest BCUT2D eigenvalue weighted by molar-refractivity contribution is -0.413. The van der Waals surface area contributed by atoms with E-state index in [1.165, 1.54) is 13.8 Å². The van der Waals surface area contributed by atoms with E-state index in [9.17, 15) is 62.3 Å². The van der Waals surface area contributed by atoms with E-state index in [1.54, 1.807) is 6.92 Å². The van der Waals surface area contributed by atoms with Gasteiger partial charge in [-0.25, -0.2) is 8.78 Å². The average molecular weight is 629 g/mol. The van der Waals surface area contributed by atoms with E-state index in [4.69, 9.17) is 5.11 Å². The molecule has 0 aromatic rings. The van der Waals surface area contributed by atoms with Crippen LogP contribution in [0.3, 0.4) is 0 Å². The van der Waals surface area contributed by atoms with E-state index in [1.807, 2.05) is 6.92 Å². The van der Waals surface area contributed by atoms with Gasteiger partial charge in [0, 0.05) is 0 Å². The smallest absolute Gasteiger partial charge is 0.384 e. The minimum atomic E-state index is -7.57. The maximum absolute atomic E-state index is 13.4. The molecule has 2 unspecified atom stereocenters. The lowest BCUT2D eigenvalue weighted by Gasteiger charge is -2.39. The van der Waals surface area contributed by atoms with Crippen LogP contribution in [0.5, 0.6) is 0 Å². The molecular weight excluding hydrogens is 580 g/mol. The Balaban J connectivity index is -0.000000116. The summed E-state index contributed by atoms with van der Waals surface area (Å²) in [6.07, 6.45) is -7.15. The minimum absolute atomic E-state index is 0. The van der Waals surface area contributed by atoms with Crippen molar-refractivity contribution in [3.8, 4) is 0 Å². The number of aliphatic carboxylic acids is 1. The summed E-state index contributed by atoms with van der Waals surface area (Å²) < 4.78 is 159. The topological polar surface area (TPSA) is 63.6 Å². The summed E-state index contributed by atoms with van der Waals surface area (Å²) in [5.41, 5.74) is 0. The molecule has 0 saturated carbocycles. The average Bonchev–Trinajstić information content (AvgIpc) is 2.71. The zero-order valence-corrected chi connectivity index (χ0v) is 18.3. The lowest BCUT2D eigenvalue weighted by Crippen LogP contribution is -2.68. The number of hydrogen-bond donors (Lipinski definition) is 1. The van der Waals surface area contributed by atoms with Crippen LogP contribution in [-0.4, -0.2) is 59.7 Å². The van der Waals surface area contributed by atoms with Crippen molar-refractivity contribution < 1.29 is 72.1 Å². The van der Waals surface area contributed by atoms with Crippen molar-refractivity contribution in [1.29, 1.82) is 0 Å². The van der Waals surface area contributed by atoms with Crippen LogP contribution < -0.4 is 0 Å². The molecule has 0 amide bonds. The molecule has 0 aromatic heterocycles. The monoisotopic (exact) mass is 628 g/mol. The van der Waals surface area contributed by atoms with E-state index in [-0.39, 0.29) is 56.9 Å². The maximum atomic E-state index is 13.4. The molecule has 0 saturated heterocycles. The van der Waals surface area contributed by atoms with Crippen LogP contribution in [0.4, 0.5) is 52.7 Å². The first-order valence-electron chi connectivity index (χ1n) is 9.56. The zero-order chi connectivity index (χ0) is 27.9. The Morgan fingerprint density at radius 1 is 0.675 bits per heavy atom. The number of carboxylic acid groups (broad SMARTS) is 1. The minimum Gasteiger partial charge on any atom is -0.481 e. The van der Waals surface area contributed by atoms with Crippen LogP contribution in [0.2, 0.25) is 0 Å². The third-order valence-corrected chi connectivity index (χ3v) is 4.65. The lowest BCUT2D eigenvalue weighted by atomic mass is 9.93. The van der Waals surface area contributed by atoms with Gasteiger partial charge in [-0.3, -0.25) is 9.59 Å². The second kappa shape index (κ2) is 20.9. The molecule has 4 nitrogen and oxygen atoms in total. The Morgan fingerprint density at radius 2 is 1.02 bits per heavy atom. The third kappa shape index (κ3) is 12.7. The predicted octanol–water partition coefficient (Wildman–Crippen LogP) is 10.3. The van der Waals surface area contributed by atoms with Gasteiger partial charge in [0.15, 0.2) is 0 Å². The quantitative estimate of drug-likeness (QED) is 0.173. The van der Waals surface area contributed by atoms with Gasteiger partial charge in [-0.1, -0.05) is 72.3 Å². The van der Waals surface area contributed by atoms with Crippen LogP contribution in [0, 0.1) is 11.8 Å². The van der Waals surface area contributed by atoms with Crippen molar-refractivity contribution in [3.63, 3.8) is 0 Å². The highest BCUT2D eigenvalue weighted by Gasteiger charge is 2.87. The molecular formula is C24H48F12O4. The highest BCUT2D eigenvalue weighted by Crippen LogP contribution is 2.58. The van der Waals surface area contributed by atoms with Gasteiger partial charge in [-0.2, -0.15) is 43.9 Å². The maximum Gasteiger partial charge on any atom is 0.384 e. The van der Waals surface area contributed by atoms with Crippen LogP contribution in [0.25, 0.3) is 0 Å². The Morgan fingerprint density at radius 3 is 1.27 bits per heavy atom. The van der Waals surface area contributed by atoms with Crippen LogP contribution in [-0.2, 0) is 14.3 Å². The molecule has 0 rings (SSSR count). The number of ether oxygens (including phenoxy) is 1. The highest BCUT2D eigenvalue weighted by atomic mass is 19.4. The number of carbonyl (C=O) groups excluding carboxylic acids is 1. The van der Waals surface area contributed by atoms with Crippen molar-refractivity contribution >= 4 is 11.9 Å². The van der Waals surface area contributed by atoms with Gasteiger partial charge < -0.3 is 9.84 Å². The molecule has 2 atom stereocenters. The summed E-state index contributed by atoms with van der Waals surface area (Å²) in [5.74, 6) is -38.4. The number of alkyl halides is 12. The third-order valence-electron chi connectivity index (χ3n) is 4.65. The number of rotatable bonds is 12. The highest BCUT2D eigenvalue weighted by molar-refractivity contribution is 5.71. The fourth-order valence-corrected chi connectivity index (χ4v) is 1.69. The van der Waals surface area contributed by atoms with E-state index in [0.717, 1.165) is 6.42 Å². The molecule has 0 heterocycles. The van der Waals surface area contributed by atoms with Crippen molar-refractivity contribution in [2.24, 2.45) is 11.8 Å². The van der Waals surface area contributed by atoms with Gasteiger partial charge in [0.2, 0.25) is 0 Å². The van der Waals surface area contributed by atoms with Gasteiger partial charge in [0.05, 0.1) is 24.9 Å². The normalized spacial score (nSPS) is 13.0. The molecule has 0 aliphatic carbocycles. The summed E-state index contributed by atoms with van der Waals surface area (Å²) in [5, 5.41) is 8.18. The molecule has 16 heteroatoms. The standard InChI is InChI=1S/C13H14F12O2.C5H10O2.6CH4/c1-3-6(2)7(26)27-5-4-9(16,17)11(20,21)13(24,25)12(22,23)10(18,19)8(14)15;1-3-4(2)5(6)7;;;;;;/h6,8H,3-5H2,1-2H3;4H,3H2,1-2H3,(H,6,7);6*1H4. The predicted molar refractivity (Wildman–Crippen MR) is 133 cm³/mol. The van der Waals surface area contributed by atoms with E-state index in [0.29, 0.717) is 0 Å². The Kier molecular flexibility index (Phi) is 30.2. The summed E-state index contributed by atoms with van der Waals surface area (Å²) in [4.78, 5) is 21.1. The second-order valence-electron chi connectivity index (χ2n) is 7.23. The SMILES string of the molecule is C.C.C.C.C.C.CCC(C)C(=O)O.CCC(C)C(=O)OCCC(F)(F)C(F)(F)C(F)(F)C(F)(F)C(F)(F)C(F)F. The first kappa shape index (κ1) is 57.9. The fraction of sp³-hybridized carbons (Fsp3) is 0.917. The number of hydrogen-bond acceptors (Lipinski definition) is 3. The molecule has 0 aliphatic heterocycles. The largest absolute Gasteiger partial charge is 0.481 e. The Hall–Kier alpha value is -1.90. The molecule has 40 heavy (non-hydrogen) atoms. The molecule has 0 spiro atoms. The second-order valence-corrected chi connectivity index (χ2v) is 7.23. The van der Waals surface area contributed by atoms with Crippen molar-refractivity contribution in [3.05, 3.63) is 0 Å². The zero-order valence-electron chi connectivity index (χ0n) is 18.3. The first-order chi connectivity index (χ1) is 15.0. The molecule has 0 aromatic carbocycles. The Labute approximate surface area is 230 Å². The van der Waals surface area contributed by atoms with Gasteiger partial charge in [0.25, 0.3) is 0 Å². The van der Waals surface area contributed by atoms with Gasteiger partial charge in [-0.05, 0) is 12.8 Å². The van der Waals surface area contributed by atoms with Gasteiger partial charge in [0.1, 0.15) is 0 Å². The van der Waals surface area contributed by atoms with Gasteiger partial charge in [-0.15, -0.1) is 0 Å². The van der Waals surface area contributed by atoms with Crippen molar-refractivity contribution in [1.82, 2.24) is 0 Å². The molecule has 1 N–H and O–H groups in total. The van der Waals surface area contributed by atoms with Gasteiger partial charge >= 0.3 is 48.0 Å². The number of carbonyl (C=O) groups is 2. The molecule has 0 fully saturated rings. The summed E-state index contributed by atoms with van der Waals surface area (Å²) in [6.45, 7) is 4.59. The van der Waals surface area contributed by atoms with Crippen LogP contribution in [0.15, 0.2) is 0 Å². The summed E-state index contributed by atoms with van der Waals surface area (Å²) in [7, 11) is 0. The molecule has 0 bridgehead atoms. The number of carboxylic acids is 1. The number of esters is 1.